The van der Waals surface area contributed by atoms with Crippen molar-refractivity contribution in [1.29, 1.82) is 0 Å². The molecule has 0 spiro atoms. The van der Waals surface area contributed by atoms with E-state index in [1.807, 2.05) is 0 Å². The lowest BCUT2D eigenvalue weighted by atomic mass is 9.61. The summed E-state index contributed by atoms with van der Waals surface area (Å²) in [6.45, 7) is 10.5. The number of rotatable bonds is 2. The zero-order chi connectivity index (χ0) is 10.1. The van der Waals surface area contributed by atoms with Crippen LogP contribution < -0.4 is 5.73 Å². The summed E-state index contributed by atoms with van der Waals surface area (Å²) in [6.07, 6.45) is 5.31. The number of hydrogen-bond donors (Lipinski definition) is 1. The normalized spacial score (nSPS) is 27.5. The molecule has 0 saturated heterocycles. The molecule has 0 aliphatic heterocycles. The Hall–Kier alpha value is -0.0400. The highest BCUT2D eigenvalue weighted by atomic mass is 14.5. The molecule has 1 heteroatoms. The van der Waals surface area contributed by atoms with Gasteiger partial charge in [0, 0.05) is 0 Å². The van der Waals surface area contributed by atoms with Crippen LogP contribution in [0.1, 0.15) is 53.4 Å². The molecule has 0 radical (unpaired) electrons. The van der Waals surface area contributed by atoms with Crippen LogP contribution in [0.4, 0.5) is 0 Å². The predicted molar refractivity (Wildman–Crippen MR) is 58.6 cm³/mol. The van der Waals surface area contributed by atoms with E-state index in [-0.39, 0.29) is 0 Å². The fraction of sp³-hybridized carbons (Fsp3) is 1.00. The van der Waals surface area contributed by atoms with E-state index < -0.39 is 0 Å². The van der Waals surface area contributed by atoms with E-state index in [0.717, 1.165) is 12.5 Å². The van der Waals surface area contributed by atoms with Crippen molar-refractivity contribution in [3.63, 3.8) is 0 Å². The van der Waals surface area contributed by atoms with Gasteiger partial charge in [-0.15, -0.1) is 0 Å². The molecule has 78 valence electrons. The molecular weight excluding hydrogens is 158 g/mol. The summed E-state index contributed by atoms with van der Waals surface area (Å²) in [6, 6.07) is 0. The zero-order valence-corrected chi connectivity index (χ0v) is 9.69. The van der Waals surface area contributed by atoms with Crippen LogP contribution in [0.5, 0.6) is 0 Å². The topological polar surface area (TPSA) is 26.0 Å². The summed E-state index contributed by atoms with van der Waals surface area (Å²) in [5, 5.41) is 0. The Kier molecular flexibility index (Phi) is 3.06. The van der Waals surface area contributed by atoms with Crippen LogP contribution in [-0.2, 0) is 0 Å². The van der Waals surface area contributed by atoms with E-state index in [0.29, 0.717) is 10.8 Å². The molecular formula is C12H25N. The average Bonchev–Trinajstić information content (AvgIpc) is 1.78. The highest BCUT2D eigenvalue weighted by Crippen LogP contribution is 2.48. The van der Waals surface area contributed by atoms with Crippen molar-refractivity contribution in [2.45, 2.75) is 53.4 Å². The Bertz CT molecular complexity index is 154. The zero-order valence-electron chi connectivity index (χ0n) is 9.69. The van der Waals surface area contributed by atoms with Gasteiger partial charge in [0.2, 0.25) is 0 Å². The maximum absolute atomic E-state index is 5.64. The predicted octanol–water partition coefficient (Wildman–Crippen LogP) is 3.19. The van der Waals surface area contributed by atoms with Gasteiger partial charge in [0.1, 0.15) is 0 Å². The second-order valence-electron chi connectivity index (χ2n) is 6.36. The van der Waals surface area contributed by atoms with Gasteiger partial charge < -0.3 is 5.73 Å². The van der Waals surface area contributed by atoms with Crippen molar-refractivity contribution in [2.75, 3.05) is 6.54 Å². The molecule has 0 aromatic rings. The van der Waals surface area contributed by atoms with E-state index in [1.54, 1.807) is 0 Å². The van der Waals surface area contributed by atoms with Crippen LogP contribution >= 0.6 is 0 Å². The van der Waals surface area contributed by atoms with Crippen LogP contribution in [0, 0.1) is 16.7 Å². The molecule has 0 unspecified atom stereocenters. The monoisotopic (exact) mass is 183 g/mol. The lowest BCUT2D eigenvalue weighted by Crippen LogP contribution is -2.34. The molecule has 1 saturated carbocycles. The maximum Gasteiger partial charge on any atom is -0.00746 e. The molecule has 2 N–H and O–H groups in total. The van der Waals surface area contributed by atoms with Crippen LogP contribution in [-0.4, -0.2) is 6.54 Å². The summed E-state index contributed by atoms with van der Waals surface area (Å²) in [4.78, 5) is 0. The quantitative estimate of drug-likeness (QED) is 0.699. The highest BCUT2D eigenvalue weighted by Gasteiger charge is 2.37. The van der Waals surface area contributed by atoms with Gasteiger partial charge in [0.15, 0.2) is 0 Å². The molecule has 0 aromatic carbocycles. The molecule has 1 fully saturated rings. The van der Waals surface area contributed by atoms with Gasteiger partial charge >= 0.3 is 0 Å². The maximum atomic E-state index is 5.64. The van der Waals surface area contributed by atoms with E-state index in [4.69, 9.17) is 5.73 Å². The van der Waals surface area contributed by atoms with Crippen LogP contribution in [0.25, 0.3) is 0 Å². The lowest BCUT2D eigenvalue weighted by molar-refractivity contribution is 0.0650. The summed E-state index contributed by atoms with van der Waals surface area (Å²) in [7, 11) is 0. The van der Waals surface area contributed by atoms with Gasteiger partial charge in [0.25, 0.3) is 0 Å². The first-order chi connectivity index (χ1) is 5.85. The van der Waals surface area contributed by atoms with Gasteiger partial charge in [-0.2, -0.15) is 0 Å². The SMILES string of the molecule is CC1(C)CC(CCN)CC(C)(C)C1. The Morgan fingerprint density at radius 1 is 1.08 bits per heavy atom. The molecule has 1 aliphatic carbocycles. The first-order valence-electron chi connectivity index (χ1n) is 5.55. The van der Waals surface area contributed by atoms with E-state index in [9.17, 15) is 0 Å². The second-order valence-corrected chi connectivity index (χ2v) is 6.36. The summed E-state index contributed by atoms with van der Waals surface area (Å²) >= 11 is 0. The van der Waals surface area contributed by atoms with E-state index >= 15 is 0 Å². The standard InChI is InChI=1S/C12H25N/c1-11(2)7-10(5-6-13)8-12(3,4)9-11/h10H,5-9,13H2,1-4H3. The van der Waals surface area contributed by atoms with E-state index in [2.05, 4.69) is 27.7 Å². The third-order valence-electron chi connectivity index (χ3n) is 3.21. The van der Waals surface area contributed by atoms with Crippen LogP contribution in [0.3, 0.4) is 0 Å². The molecule has 0 atom stereocenters. The summed E-state index contributed by atoms with van der Waals surface area (Å²) in [5.74, 6) is 0.865. The fourth-order valence-electron chi connectivity index (χ4n) is 3.51. The Morgan fingerprint density at radius 2 is 1.54 bits per heavy atom. The molecule has 1 aliphatic rings. The third-order valence-corrected chi connectivity index (χ3v) is 3.21. The smallest absolute Gasteiger partial charge is 0.00746 e. The number of nitrogens with two attached hydrogens (primary N) is 1. The minimum Gasteiger partial charge on any atom is -0.330 e. The first kappa shape index (κ1) is 11.0. The molecule has 13 heavy (non-hydrogen) atoms. The second kappa shape index (κ2) is 3.61. The summed E-state index contributed by atoms with van der Waals surface area (Å²) in [5.41, 5.74) is 6.70. The molecule has 0 aromatic heterocycles. The van der Waals surface area contributed by atoms with Crippen molar-refractivity contribution >= 4 is 0 Å². The van der Waals surface area contributed by atoms with Crippen LogP contribution in [0.15, 0.2) is 0 Å². The Labute approximate surface area is 83.1 Å². The average molecular weight is 183 g/mol. The minimum atomic E-state index is 0.529. The van der Waals surface area contributed by atoms with Gasteiger partial charge in [-0.1, -0.05) is 27.7 Å². The molecule has 0 amide bonds. The number of hydrogen-bond acceptors (Lipinski definition) is 1. The largest absolute Gasteiger partial charge is 0.330 e. The van der Waals surface area contributed by atoms with Crippen LogP contribution in [0.2, 0.25) is 0 Å². The molecule has 0 heterocycles. The van der Waals surface area contributed by atoms with E-state index in [1.165, 1.54) is 25.7 Å². The van der Waals surface area contributed by atoms with Gasteiger partial charge in [0.05, 0.1) is 0 Å². The van der Waals surface area contributed by atoms with Gasteiger partial charge in [-0.05, 0) is 49.0 Å². The minimum absolute atomic E-state index is 0.529. The van der Waals surface area contributed by atoms with Crippen molar-refractivity contribution in [3.05, 3.63) is 0 Å². The lowest BCUT2D eigenvalue weighted by Gasteiger charge is -2.45. The highest BCUT2D eigenvalue weighted by molar-refractivity contribution is 4.88. The third kappa shape index (κ3) is 3.30. The molecule has 1 rings (SSSR count). The van der Waals surface area contributed by atoms with Crippen molar-refractivity contribution in [3.8, 4) is 0 Å². The van der Waals surface area contributed by atoms with Crippen molar-refractivity contribution in [1.82, 2.24) is 0 Å². The van der Waals surface area contributed by atoms with Crippen molar-refractivity contribution < 1.29 is 0 Å². The van der Waals surface area contributed by atoms with Gasteiger partial charge in [-0.25, -0.2) is 0 Å². The van der Waals surface area contributed by atoms with Crippen molar-refractivity contribution in [2.24, 2.45) is 22.5 Å². The fourth-order valence-corrected chi connectivity index (χ4v) is 3.51. The Morgan fingerprint density at radius 3 is 1.92 bits per heavy atom. The summed E-state index contributed by atoms with van der Waals surface area (Å²) < 4.78 is 0. The first-order valence-corrected chi connectivity index (χ1v) is 5.55. The van der Waals surface area contributed by atoms with Gasteiger partial charge in [-0.3, -0.25) is 0 Å². The molecule has 1 nitrogen and oxygen atoms in total. The molecule has 0 bridgehead atoms. The Balaban J connectivity index is 2.61.